The third-order valence-electron chi connectivity index (χ3n) is 2.91. The topological polar surface area (TPSA) is 85.5 Å². The van der Waals surface area contributed by atoms with Crippen molar-refractivity contribution in [1.29, 1.82) is 0 Å². The zero-order valence-corrected chi connectivity index (χ0v) is 11.5. The zero-order valence-electron chi connectivity index (χ0n) is 11.5. The molecule has 0 saturated carbocycles. The number of rotatable bonds is 7. The van der Waals surface area contributed by atoms with Crippen LogP contribution in [0.5, 0.6) is 5.75 Å². The Morgan fingerprint density at radius 1 is 1.43 bits per heavy atom. The van der Waals surface area contributed by atoms with Gasteiger partial charge in [-0.1, -0.05) is 5.16 Å². The van der Waals surface area contributed by atoms with Gasteiger partial charge in [0.15, 0.2) is 11.6 Å². The fourth-order valence-electron chi connectivity index (χ4n) is 1.82. The van der Waals surface area contributed by atoms with Gasteiger partial charge in [0.25, 0.3) is 0 Å². The highest BCUT2D eigenvalue weighted by atomic mass is 19.1. The van der Waals surface area contributed by atoms with Crippen LogP contribution in [-0.4, -0.2) is 28.3 Å². The first-order chi connectivity index (χ1) is 10.1. The van der Waals surface area contributed by atoms with E-state index in [9.17, 15) is 9.18 Å². The molecule has 0 atom stereocenters. The smallest absolute Gasteiger partial charge is 0.303 e. The second kappa shape index (κ2) is 6.83. The number of unbranched alkanes of at least 4 members (excludes halogenated alkanes) is 1. The summed E-state index contributed by atoms with van der Waals surface area (Å²) in [6, 6.07) is 4.31. The molecule has 112 valence electrons. The molecule has 1 heterocycles. The van der Waals surface area contributed by atoms with E-state index in [4.69, 9.17) is 14.4 Å². The molecule has 1 aromatic heterocycles. The van der Waals surface area contributed by atoms with Gasteiger partial charge in [-0.25, -0.2) is 4.39 Å². The van der Waals surface area contributed by atoms with Crippen molar-refractivity contribution in [3.8, 4) is 17.1 Å². The van der Waals surface area contributed by atoms with E-state index >= 15 is 0 Å². The molecule has 0 saturated heterocycles. The number of aromatic nitrogens is 2. The summed E-state index contributed by atoms with van der Waals surface area (Å²) < 4.78 is 23.3. The van der Waals surface area contributed by atoms with Crippen LogP contribution in [0.1, 0.15) is 25.2 Å². The van der Waals surface area contributed by atoms with Crippen LogP contribution in [-0.2, 0) is 11.2 Å². The van der Waals surface area contributed by atoms with Gasteiger partial charge in [0.1, 0.15) is 0 Å². The maximum absolute atomic E-state index is 13.3. The molecule has 0 amide bonds. The molecule has 1 aromatic carbocycles. The van der Waals surface area contributed by atoms with E-state index in [0.717, 1.165) is 0 Å². The summed E-state index contributed by atoms with van der Waals surface area (Å²) in [5.74, 6) is -0.390. The summed E-state index contributed by atoms with van der Waals surface area (Å²) in [5, 5.41) is 12.4. The maximum atomic E-state index is 13.3. The Morgan fingerprint density at radius 2 is 2.24 bits per heavy atom. The molecule has 1 N–H and O–H groups in total. The van der Waals surface area contributed by atoms with Gasteiger partial charge < -0.3 is 14.4 Å². The van der Waals surface area contributed by atoms with Crippen LogP contribution in [0.15, 0.2) is 22.7 Å². The Bertz CT molecular complexity index is 627. The normalized spacial score (nSPS) is 10.6. The lowest BCUT2D eigenvalue weighted by molar-refractivity contribution is -0.137. The number of aliphatic carboxylic acids is 1. The fourth-order valence-corrected chi connectivity index (χ4v) is 1.82. The number of benzene rings is 1. The molecule has 2 rings (SSSR count). The molecule has 0 fully saturated rings. The van der Waals surface area contributed by atoms with Crippen LogP contribution in [0.3, 0.4) is 0 Å². The Balaban J connectivity index is 2.01. The van der Waals surface area contributed by atoms with Crippen LogP contribution in [0.4, 0.5) is 4.39 Å². The van der Waals surface area contributed by atoms with E-state index in [1.54, 1.807) is 0 Å². The van der Waals surface area contributed by atoms with E-state index in [-0.39, 0.29) is 12.2 Å². The Kier molecular flexibility index (Phi) is 4.86. The quantitative estimate of drug-likeness (QED) is 0.790. The molecule has 21 heavy (non-hydrogen) atoms. The first-order valence-corrected chi connectivity index (χ1v) is 6.48. The van der Waals surface area contributed by atoms with Gasteiger partial charge in [-0.2, -0.15) is 4.98 Å². The van der Waals surface area contributed by atoms with E-state index in [2.05, 4.69) is 10.1 Å². The minimum absolute atomic E-state index is 0.111. The first kappa shape index (κ1) is 15.0. The molecule has 0 spiro atoms. The van der Waals surface area contributed by atoms with Gasteiger partial charge in [-0.3, -0.25) is 4.79 Å². The third-order valence-corrected chi connectivity index (χ3v) is 2.91. The van der Waals surface area contributed by atoms with Gasteiger partial charge in [0.05, 0.1) is 7.11 Å². The van der Waals surface area contributed by atoms with Gasteiger partial charge in [0.2, 0.25) is 11.7 Å². The molecule has 2 aromatic rings. The molecule has 0 aliphatic heterocycles. The summed E-state index contributed by atoms with van der Waals surface area (Å²) in [7, 11) is 1.38. The lowest BCUT2D eigenvalue weighted by atomic mass is 10.2. The monoisotopic (exact) mass is 294 g/mol. The molecule has 0 radical (unpaired) electrons. The number of carbonyl (C=O) groups is 1. The second-order valence-electron chi connectivity index (χ2n) is 4.46. The van der Waals surface area contributed by atoms with Crippen molar-refractivity contribution in [1.82, 2.24) is 10.1 Å². The number of ether oxygens (including phenoxy) is 1. The Hall–Kier alpha value is -2.44. The maximum Gasteiger partial charge on any atom is 0.303 e. The molecule has 0 unspecified atom stereocenters. The van der Waals surface area contributed by atoms with Crippen LogP contribution in [0, 0.1) is 5.82 Å². The van der Waals surface area contributed by atoms with Crippen molar-refractivity contribution in [3.63, 3.8) is 0 Å². The first-order valence-electron chi connectivity index (χ1n) is 6.48. The van der Waals surface area contributed by atoms with Crippen molar-refractivity contribution in [2.75, 3.05) is 7.11 Å². The highest BCUT2D eigenvalue weighted by Crippen LogP contribution is 2.24. The average molecular weight is 294 g/mol. The van der Waals surface area contributed by atoms with E-state index in [1.165, 1.54) is 25.3 Å². The minimum atomic E-state index is -0.820. The summed E-state index contributed by atoms with van der Waals surface area (Å²) in [5.41, 5.74) is 0.591. The molecular formula is C14H15FN2O4. The number of methoxy groups -OCH3 is 1. The van der Waals surface area contributed by atoms with Gasteiger partial charge in [-0.15, -0.1) is 0 Å². The van der Waals surface area contributed by atoms with Crippen molar-refractivity contribution in [2.24, 2.45) is 0 Å². The summed E-state index contributed by atoms with van der Waals surface area (Å²) in [4.78, 5) is 14.6. The lowest BCUT2D eigenvalue weighted by Gasteiger charge is -2.02. The number of carboxylic acids is 1. The number of nitrogens with zero attached hydrogens (tertiary/aromatic N) is 2. The van der Waals surface area contributed by atoms with Crippen LogP contribution < -0.4 is 4.74 Å². The van der Waals surface area contributed by atoms with Crippen LogP contribution in [0.2, 0.25) is 0 Å². The molecule has 7 heteroatoms. The molecule has 0 aliphatic carbocycles. The Labute approximate surface area is 120 Å². The summed E-state index contributed by atoms with van der Waals surface area (Å²) in [6.45, 7) is 0. The van der Waals surface area contributed by atoms with Crippen molar-refractivity contribution < 1.29 is 23.6 Å². The summed E-state index contributed by atoms with van der Waals surface area (Å²) >= 11 is 0. The Morgan fingerprint density at radius 3 is 2.95 bits per heavy atom. The van der Waals surface area contributed by atoms with Crippen LogP contribution >= 0.6 is 0 Å². The lowest BCUT2D eigenvalue weighted by Crippen LogP contribution is -1.95. The van der Waals surface area contributed by atoms with Crippen LogP contribution in [0.25, 0.3) is 11.4 Å². The number of carboxylic acid groups (broad SMARTS) is 1. The van der Waals surface area contributed by atoms with Gasteiger partial charge in [-0.05, 0) is 31.0 Å². The minimum Gasteiger partial charge on any atom is -0.494 e. The second-order valence-corrected chi connectivity index (χ2v) is 4.46. The van der Waals surface area contributed by atoms with E-state index < -0.39 is 11.8 Å². The highest BCUT2D eigenvalue weighted by Gasteiger charge is 2.11. The predicted molar refractivity (Wildman–Crippen MR) is 71.4 cm³/mol. The van der Waals surface area contributed by atoms with E-state index in [1.807, 2.05) is 0 Å². The number of aryl methyl sites for hydroxylation is 1. The fraction of sp³-hybridized carbons (Fsp3) is 0.357. The van der Waals surface area contributed by atoms with Crippen molar-refractivity contribution in [3.05, 3.63) is 29.9 Å². The molecule has 0 aliphatic rings. The van der Waals surface area contributed by atoms with Crippen molar-refractivity contribution in [2.45, 2.75) is 25.7 Å². The SMILES string of the molecule is COc1cc(-c2noc(CCCCC(=O)O)n2)ccc1F. The van der Waals surface area contributed by atoms with Gasteiger partial charge >= 0.3 is 5.97 Å². The average Bonchev–Trinajstić information content (AvgIpc) is 2.93. The molecule has 6 nitrogen and oxygen atoms in total. The largest absolute Gasteiger partial charge is 0.494 e. The number of halogens is 1. The van der Waals surface area contributed by atoms with Crippen molar-refractivity contribution >= 4 is 5.97 Å². The third kappa shape index (κ3) is 4.01. The highest BCUT2D eigenvalue weighted by molar-refractivity contribution is 5.66. The number of hydrogen-bond donors (Lipinski definition) is 1. The predicted octanol–water partition coefficient (Wildman–Crippen LogP) is 2.68. The molecular weight excluding hydrogens is 279 g/mol. The number of hydrogen-bond acceptors (Lipinski definition) is 5. The zero-order chi connectivity index (χ0) is 15.2. The van der Waals surface area contributed by atoms with Gasteiger partial charge in [0, 0.05) is 18.4 Å². The standard InChI is InChI=1S/C14H15FN2O4/c1-20-11-8-9(6-7-10(11)15)14-16-12(21-17-14)4-2-3-5-13(18)19/h6-8H,2-5H2,1H3,(H,18,19). The molecule has 0 bridgehead atoms. The van der Waals surface area contributed by atoms with E-state index in [0.29, 0.717) is 36.5 Å². The summed E-state index contributed by atoms with van der Waals surface area (Å²) in [6.07, 6.45) is 1.84.